The lowest BCUT2D eigenvalue weighted by Gasteiger charge is -2.62. The highest BCUT2D eigenvalue weighted by Gasteiger charge is 2.62. The van der Waals surface area contributed by atoms with Crippen LogP contribution >= 0.6 is 0 Å². The number of terminal acetylenes is 1. The largest absolute Gasteiger partial charge is 0.428 e. The van der Waals surface area contributed by atoms with Gasteiger partial charge in [-0.3, -0.25) is 9.69 Å². The van der Waals surface area contributed by atoms with Crippen molar-refractivity contribution in [2.45, 2.75) is 116 Å². The van der Waals surface area contributed by atoms with Crippen molar-refractivity contribution >= 4 is 12.1 Å². The van der Waals surface area contributed by atoms with Crippen LogP contribution in [0.3, 0.4) is 0 Å². The fraction of sp³-hybridized carbons (Fsp3) is 0.737. The van der Waals surface area contributed by atoms with Crippen molar-refractivity contribution in [1.82, 2.24) is 4.90 Å². The van der Waals surface area contributed by atoms with Gasteiger partial charge in [-0.2, -0.15) is 0 Å². The molecule has 2 N–H and O–H groups in total. The monoisotopic (exact) mass is 619 g/mol. The van der Waals surface area contributed by atoms with Crippen LogP contribution in [0.4, 0.5) is 4.79 Å². The fourth-order valence-corrected chi connectivity index (χ4v) is 11.3. The van der Waals surface area contributed by atoms with E-state index < -0.39 is 12.9 Å². The lowest BCUT2D eigenvalue weighted by molar-refractivity contribution is -0.174. The summed E-state index contributed by atoms with van der Waals surface area (Å²) in [4.78, 5) is 27.2. The summed E-state index contributed by atoms with van der Waals surface area (Å²) in [6.07, 6.45) is 15.4. The molecule has 1 aromatic carbocycles. The van der Waals surface area contributed by atoms with Gasteiger partial charge in [0.15, 0.2) is 0 Å². The molecule has 5 unspecified atom stereocenters. The van der Waals surface area contributed by atoms with E-state index in [1.54, 1.807) is 4.90 Å². The number of esters is 1. The number of hydrogen-bond donors (Lipinski definition) is 2. The first kappa shape index (κ1) is 32.4. The third kappa shape index (κ3) is 5.91. The number of carbonyl (C=O) groups excluding carboxylic acids is 2. The highest BCUT2D eigenvalue weighted by molar-refractivity contribution is 5.71. The van der Waals surface area contributed by atoms with Crippen LogP contribution in [0.1, 0.15) is 109 Å². The van der Waals surface area contributed by atoms with Crippen molar-refractivity contribution in [2.24, 2.45) is 46.3 Å². The number of amides is 1. The molecule has 11 atom stereocenters. The van der Waals surface area contributed by atoms with E-state index in [0.29, 0.717) is 35.5 Å². The number of benzene rings is 1. The maximum absolute atomic E-state index is 12.9. The second-order valence-electron chi connectivity index (χ2n) is 15.6. The molecule has 5 aliphatic rings. The number of aliphatic hydroxyl groups is 2. The predicted molar refractivity (Wildman–Crippen MR) is 171 cm³/mol. The van der Waals surface area contributed by atoms with Gasteiger partial charge in [-0.15, -0.1) is 6.42 Å². The maximum atomic E-state index is 12.9. The van der Waals surface area contributed by atoms with Gasteiger partial charge in [0.05, 0.1) is 24.8 Å². The Morgan fingerprint density at radius 1 is 1.02 bits per heavy atom. The third-order valence-corrected chi connectivity index (χ3v) is 13.6. The highest BCUT2D eigenvalue weighted by Crippen LogP contribution is 2.68. The Bertz CT molecular complexity index is 1290. The van der Waals surface area contributed by atoms with Gasteiger partial charge in [0.2, 0.25) is 6.79 Å². The molecule has 0 aromatic heterocycles. The molecule has 4 saturated carbocycles. The molecule has 0 bridgehead atoms. The number of aryl methyl sites for hydroxylation is 1. The van der Waals surface area contributed by atoms with E-state index in [9.17, 15) is 19.8 Å². The summed E-state index contributed by atoms with van der Waals surface area (Å²) < 4.78 is 10.7. The van der Waals surface area contributed by atoms with Crippen molar-refractivity contribution in [3.8, 4) is 12.3 Å². The van der Waals surface area contributed by atoms with Gasteiger partial charge in [-0.05, 0) is 128 Å². The number of fused-ring (bicyclic) bond motifs is 6. The van der Waals surface area contributed by atoms with E-state index in [4.69, 9.17) is 15.9 Å². The maximum Gasteiger partial charge on any atom is 0.413 e. The van der Waals surface area contributed by atoms with Gasteiger partial charge < -0.3 is 19.7 Å². The van der Waals surface area contributed by atoms with Crippen molar-refractivity contribution in [3.63, 3.8) is 0 Å². The third-order valence-electron chi connectivity index (χ3n) is 13.6. The van der Waals surface area contributed by atoms with Crippen LogP contribution in [0.5, 0.6) is 0 Å². The molecule has 0 aliphatic heterocycles. The van der Waals surface area contributed by atoms with E-state index in [2.05, 4.69) is 32.8 Å². The van der Waals surface area contributed by atoms with Crippen molar-refractivity contribution < 1.29 is 29.3 Å². The number of hydrogen-bond acceptors (Lipinski definition) is 6. The van der Waals surface area contributed by atoms with Gasteiger partial charge >= 0.3 is 12.1 Å². The average molecular weight is 620 g/mol. The number of rotatable bonds is 8. The zero-order chi connectivity index (χ0) is 31.9. The zero-order valence-corrected chi connectivity index (χ0v) is 27.5. The molecule has 7 nitrogen and oxygen atoms in total. The van der Waals surface area contributed by atoms with Crippen molar-refractivity contribution in [3.05, 3.63) is 35.4 Å². The standard InChI is InChI=1S/C38H53NO6/c1-5-20-39(32-14-11-25-8-6-7-9-28(25)32)36(43)45-23-44-34(42)15-10-24(2)29-12-13-30-35-31(17-19-38(29,30)4)37(3)18-16-27(40)21-26(37)22-33(35)41/h1,6-9,24,26-27,29-33,35,40-41H,10-23H2,2-4H3/t24-,26+,27-,29?,30?,31?,32-,33?,35?,37+,38-/m1/s1. The van der Waals surface area contributed by atoms with Gasteiger partial charge in [-0.1, -0.05) is 51.0 Å². The molecule has 246 valence electrons. The molecule has 0 heterocycles. The Balaban J connectivity index is 0.995. The van der Waals surface area contributed by atoms with E-state index in [-0.39, 0.29) is 48.0 Å². The quantitative estimate of drug-likeness (QED) is 0.192. The molecule has 1 aromatic rings. The second-order valence-corrected chi connectivity index (χ2v) is 15.6. The minimum Gasteiger partial charge on any atom is -0.428 e. The SMILES string of the molecule is C#CCN(C(=O)OCOC(=O)CC[C@@H](C)C1CCC2C3C(O)C[C@@H]4C[C@H](O)CC[C@]4(C)C3CC[C@@]21C)[C@@H]1CCc2ccccc21. The van der Waals surface area contributed by atoms with Crippen LogP contribution in [-0.2, 0) is 20.7 Å². The van der Waals surface area contributed by atoms with Gasteiger partial charge in [0.1, 0.15) is 0 Å². The minimum absolute atomic E-state index is 0.131. The van der Waals surface area contributed by atoms with Crippen LogP contribution in [0.2, 0.25) is 0 Å². The van der Waals surface area contributed by atoms with Crippen molar-refractivity contribution in [2.75, 3.05) is 13.3 Å². The van der Waals surface area contributed by atoms with Crippen LogP contribution < -0.4 is 0 Å². The molecule has 1 amide bonds. The van der Waals surface area contributed by atoms with Crippen LogP contribution in [0, 0.1) is 58.7 Å². The zero-order valence-electron chi connectivity index (χ0n) is 27.5. The molecule has 7 heteroatoms. The molecule has 0 saturated heterocycles. The summed E-state index contributed by atoms with van der Waals surface area (Å²) in [5.41, 5.74) is 2.70. The van der Waals surface area contributed by atoms with E-state index >= 15 is 0 Å². The molecular weight excluding hydrogens is 566 g/mol. The lowest BCUT2D eigenvalue weighted by atomic mass is 9.43. The summed E-state index contributed by atoms with van der Waals surface area (Å²) in [6.45, 7) is 6.89. The van der Waals surface area contributed by atoms with Crippen molar-refractivity contribution in [1.29, 1.82) is 0 Å². The van der Waals surface area contributed by atoms with E-state index in [1.807, 2.05) is 18.2 Å². The van der Waals surface area contributed by atoms with Crippen LogP contribution in [0.25, 0.3) is 0 Å². The van der Waals surface area contributed by atoms with Crippen LogP contribution in [0.15, 0.2) is 24.3 Å². The summed E-state index contributed by atoms with van der Waals surface area (Å²) in [6, 6.07) is 7.93. The van der Waals surface area contributed by atoms with Gasteiger partial charge in [-0.25, -0.2) is 4.79 Å². The average Bonchev–Trinajstić information content (AvgIpc) is 3.60. The fourth-order valence-electron chi connectivity index (χ4n) is 11.3. The first-order chi connectivity index (χ1) is 21.6. The molecule has 0 spiro atoms. The minimum atomic E-state index is -0.564. The predicted octanol–water partition coefficient (Wildman–Crippen LogP) is 6.65. The Morgan fingerprint density at radius 2 is 1.78 bits per heavy atom. The number of carbonyl (C=O) groups is 2. The molecule has 6 rings (SSSR count). The first-order valence-corrected chi connectivity index (χ1v) is 17.5. The topological polar surface area (TPSA) is 96.3 Å². The Labute approximate surface area is 269 Å². The van der Waals surface area contributed by atoms with E-state index in [1.165, 1.54) is 12.0 Å². The normalized spacial score (nSPS) is 38.9. The summed E-state index contributed by atoms with van der Waals surface area (Å²) in [5, 5.41) is 21.9. The highest BCUT2D eigenvalue weighted by atomic mass is 16.7. The molecule has 0 radical (unpaired) electrons. The first-order valence-electron chi connectivity index (χ1n) is 17.5. The molecule has 5 aliphatic carbocycles. The van der Waals surface area contributed by atoms with E-state index in [0.717, 1.165) is 69.8 Å². The smallest absolute Gasteiger partial charge is 0.413 e. The second kappa shape index (κ2) is 12.9. The van der Waals surface area contributed by atoms with Gasteiger partial charge in [0.25, 0.3) is 0 Å². The Morgan fingerprint density at radius 3 is 2.58 bits per heavy atom. The summed E-state index contributed by atoms with van der Waals surface area (Å²) in [5.74, 6) is 4.87. The summed E-state index contributed by atoms with van der Waals surface area (Å²) >= 11 is 0. The lowest BCUT2D eigenvalue weighted by Crippen LogP contribution is -2.58. The Kier molecular flexibility index (Phi) is 9.29. The molecular formula is C38H53NO6. The Hall–Kier alpha value is -2.56. The molecule has 4 fully saturated rings. The summed E-state index contributed by atoms with van der Waals surface area (Å²) in [7, 11) is 0. The van der Waals surface area contributed by atoms with Crippen LogP contribution in [-0.4, -0.2) is 52.7 Å². The molecule has 45 heavy (non-hydrogen) atoms. The number of ether oxygens (including phenoxy) is 2. The van der Waals surface area contributed by atoms with Gasteiger partial charge in [0, 0.05) is 6.42 Å². The number of nitrogens with zero attached hydrogens (tertiary/aromatic N) is 1. The number of aliphatic hydroxyl groups excluding tert-OH is 2.